The molecular weight excluding hydrogens is 180 g/mol. The molecule has 1 fully saturated rings. The van der Waals surface area contributed by atoms with Crippen molar-refractivity contribution in [1.29, 1.82) is 0 Å². The fourth-order valence-electron chi connectivity index (χ4n) is 1.37. The van der Waals surface area contributed by atoms with E-state index >= 15 is 0 Å². The summed E-state index contributed by atoms with van der Waals surface area (Å²) < 4.78 is 5.28. The Labute approximate surface area is 78.0 Å². The van der Waals surface area contributed by atoms with E-state index in [1.165, 1.54) is 0 Å². The number of carbonyl (C=O) groups is 1. The number of ether oxygens (including phenoxy) is 1. The first-order valence-corrected chi connectivity index (χ1v) is 3.82. The van der Waals surface area contributed by atoms with Gasteiger partial charge in [-0.15, -0.1) is 12.4 Å². The third-order valence-corrected chi connectivity index (χ3v) is 1.92. The predicted molar refractivity (Wildman–Crippen MR) is 48.0 cm³/mol. The first-order chi connectivity index (χ1) is 5.22. The molecule has 4 N–H and O–H groups in total. The summed E-state index contributed by atoms with van der Waals surface area (Å²) in [6, 6.07) is 0. The first-order valence-electron chi connectivity index (χ1n) is 3.82. The van der Waals surface area contributed by atoms with Crippen LogP contribution in [0.3, 0.4) is 0 Å². The molecule has 2 unspecified atom stereocenters. The minimum absolute atomic E-state index is 0. The zero-order valence-electron chi connectivity index (χ0n) is 6.86. The van der Waals surface area contributed by atoms with Crippen LogP contribution in [0.4, 0.5) is 0 Å². The number of hydrogen-bond donors (Lipinski definition) is 2. The molecule has 0 aliphatic carbocycles. The standard InChI is InChI=1S/C7H14N2O2.ClH/c8-3-6-1-5(4-11-6)2-7(9)10;/h5-6H,1-4,8H2,(H2,9,10);1H. The molecule has 1 aliphatic heterocycles. The minimum Gasteiger partial charge on any atom is -0.377 e. The predicted octanol–water partition coefficient (Wildman–Crippen LogP) is -0.353. The lowest BCUT2D eigenvalue weighted by molar-refractivity contribution is -0.118. The van der Waals surface area contributed by atoms with Gasteiger partial charge in [-0.25, -0.2) is 0 Å². The highest BCUT2D eigenvalue weighted by Crippen LogP contribution is 2.21. The quantitative estimate of drug-likeness (QED) is 0.645. The van der Waals surface area contributed by atoms with Gasteiger partial charge in [0.15, 0.2) is 0 Å². The molecule has 4 nitrogen and oxygen atoms in total. The van der Waals surface area contributed by atoms with Gasteiger partial charge in [0.1, 0.15) is 0 Å². The molecule has 0 bridgehead atoms. The summed E-state index contributed by atoms with van der Waals surface area (Å²) in [5.41, 5.74) is 10.4. The third kappa shape index (κ3) is 3.38. The fraction of sp³-hybridized carbons (Fsp3) is 0.857. The number of primary amides is 1. The minimum atomic E-state index is -0.253. The summed E-state index contributed by atoms with van der Waals surface area (Å²) >= 11 is 0. The molecule has 0 spiro atoms. The second-order valence-corrected chi connectivity index (χ2v) is 2.96. The van der Waals surface area contributed by atoms with Crippen LogP contribution in [0.1, 0.15) is 12.8 Å². The summed E-state index contributed by atoms with van der Waals surface area (Å²) in [6.45, 7) is 1.17. The molecule has 2 atom stereocenters. The Balaban J connectivity index is 0.00000121. The van der Waals surface area contributed by atoms with E-state index in [2.05, 4.69) is 0 Å². The number of rotatable bonds is 3. The lowest BCUT2D eigenvalue weighted by atomic mass is 10.0. The monoisotopic (exact) mass is 194 g/mol. The van der Waals surface area contributed by atoms with E-state index in [-0.39, 0.29) is 24.4 Å². The maximum absolute atomic E-state index is 10.5. The Hall–Kier alpha value is -0.320. The van der Waals surface area contributed by atoms with E-state index in [4.69, 9.17) is 16.2 Å². The number of carbonyl (C=O) groups excluding carboxylic acids is 1. The third-order valence-electron chi connectivity index (χ3n) is 1.92. The highest BCUT2D eigenvalue weighted by Gasteiger charge is 2.25. The van der Waals surface area contributed by atoms with Gasteiger partial charge >= 0.3 is 0 Å². The summed E-state index contributed by atoms with van der Waals surface area (Å²) in [5, 5.41) is 0. The zero-order chi connectivity index (χ0) is 8.27. The highest BCUT2D eigenvalue weighted by molar-refractivity contribution is 5.85. The molecule has 1 saturated heterocycles. The molecule has 0 saturated carbocycles. The van der Waals surface area contributed by atoms with Gasteiger partial charge in [0.25, 0.3) is 0 Å². The van der Waals surface area contributed by atoms with Crippen molar-refractivity contribution < 1.29 is 9.53 Å². The molecule has 1 rings (SSSR count). The van der Waals surface area contributed by atoms with Crippen molar-refractivity contribution in [2.75, 3.05) is 13.2 Å². The molecule has 1 amide bonds. The Morgan fingerprint density at radius 2 is 2.25 bits per heavy atom. The van der Waals surface area contributed by atoms with Crippen LogP contribution >= 0.6 is 12.4 Å². The van der Waals surface area contributed by atoms with Crippen LogP contribution in [0, 0.1) is 5.92 Å². The molecule has 12 heavy (non-hydrogen) atoms. The van der Waals surface area contributed by atoms with E-state index in [0.717, 1.165) is 6.42 Å². The fourth-order valence-corrected chi connectivity index (χ4v) is 1.37. The van der Waals surface area contributed by atoms with E-state index in [9.17, 15) is 4.79 Å². The van der Waals surface area contributed by atoms with Crippen molar-refractivity contribution in [2.45, 2.75) is 18.9 Å². The Morgan fingerprint density at radius 3 is 2.67 bits per heavy atom. The van der Waals surface area contributed by atoms with Crippen molar-refractivity contribution in [3.8, 4) is 0 Å². The first kappa shape index (κ1) is 11.7. The van der Waals surface area contributed by atoms with E-state index < -0.39 is 0 Å². The Kier molecular flexibility index (Phi) is 5.20. The lowest BCUT2D eigenvalue weighted by Gasteiger charge is -2.03. The van der Waals surface area contributed by atoms with Gasteiger partial charge in [-0.05, 0) is 12.3 Å². The zero-order valence-corrected chi connectivity index (χ0v) is 7.68. The van der Waals surface area contributed by atoms with Crippen molar-refractivity contribution in [3.63, 3.8) is 0 Å². The second-order valence-electron chi connectivity index (χ2n) is 2.96. The average molecular weight is 195 g/mol. The van der Waals surface area contributed by atoms with Crippen molar-refractivity contribution in [3.05, 3.63) is 0 Å². The summed E-state index contributed by atoms with van der Waals surface area (Å²) in [5.74, 6) is 0.0392. The van der Waals surface area contributed by atoms with Gasteiger partial charge in [-0.2, -0.15) is 0 Å². The average Bonchev–Trinajstić information content (AvgIpc) is 2.34. The number of nitrogens with two attached hydrogens (primary N) is 2. The number of amides is 1. The molecule has 72 valence electrons. The SMILES string of the molecule is Cl.NCC1CC(CC(N)=O)CO1. The van der Waals surface area contributed by atoms with Gasteiger partial charge in [0.05, 0.1) is 12.7 Å². The molecule has 0 aromatic carbocycles. The van der Waals surface area contributed by atoms with Crippen molar-refractivity contribution in [2.24, 2.45) is 17.4 Å². The van der Waals surface area contributed by atoms with Crippen LogP contribution in [0.25, 0.3) is 0 Å². The van der Waals surface area contributed by atoms with E-state index in [0.29, 0.717) is 25.5 Å². The Morgan fingerprint density at radius 1 is 1.58 bits per heavy atom. The van der Waals surface area contributed by atoms with Crippen LogP contribution in [-0.4, -0.2) is 25.2 Å². The molecule has 0 aromatic rings. The highest BCUT2D eigenvalue weighted by atomic mass is 35.5. The molecule has 1 aliphatic rings. The van der Waals surface area contributed by atoms with Crippen LogP contribution in [0.2, 0.25) is 0 Å². The van der Waals surface area contributed by atoms with E-state index in [1.54, 1.807) is 0 Å². The summed E-state index contributed by atoms with van der Waals surface area (Å²) in [6.07, 6.45) is 1.44. The van der Waals surface area contributed by atoms with Gasteiger partial charge in [-0.1, -0.05) is 0 Å². The number of halogens is 1. The van der Waals surface area contributed by atoms with Gasteiger partial charge in [0, 0.05) is 13.0 Å². The normalized spacial score (nSPS) is 28.1. The maximum Gasteiger partial charge on any atom is 0.217 e. The van der Waals surface area contributed by atoms with Crippen molar-refractivity contribution >= 4 is 18.3 Å². The second kappa shape index (κ2) is 5.35. The topological polar surface area (TPSA) is 78.3 Å². The van der Waals surface area contributed by atoms with Gasteiger partial charge in [0.2, 0.25) is 5.91 Å². The molecule has 0 aromatic heterocycles. The molecule has 1 heterocycles. The number of hydrogen-bond acceptors (Lipinski definition) is 3. The largest absolute Gasteiger partial charge is 0.377 e. The van der Waals surface area contributed by atoms with Crippen LogP contribution in [0.5, 0.6) is 0 Å². The van der Waals surface area contributed by atoms with Gasteiger partial charge < -0.3 is 16.2 Å². The summed E-state index contributed by atoms with van der Waals surface area (Å²) in [7, 11) is 0. The Bertz CT molecular complexity index is 154. The summed E-state index contributed by atoms with van der Waals surface area (Å²) in [4.78, 5) is 10.5. The van der Waals surface area contributed by atoms with Crippen LogP contribution in [-0.2, 0) is 9.53 Å². The van der Waals surface area contributed by atoms with E-state index in [1.807, 2.05) is 0 Å². The van der Waals surface area contributed by atoms with Gasteiger partial charge in [-0.3, -0.25) is 4.79 Å². The smallest absolute Gasteiger partial charge is 0.217 e. The van der Waals surface area contributed by atoms with Crippen LogP contribution < -0.4 is 11.5 Å². The van der Waals surface area contributed by atoms with Crippen LogP contribution in [0.15, 0.2) is 0 Å². The maximum atomic E-state index is 10.5. The molecule has 0 radical (unpaired) electrons. The molecular formula is C7H15ClN2O2. The van der Waals surface area contributed by atoms with Crippen molar-refractivity contribution in [1.82, 2.24) is 0 Å². The lowest BCUT2D eigenvalue weighted by Crippen LogP contribution is -2.19. The molecule has 5 heteroatoms.